The van der Waals surface area contributed by atoms with Crippen molar-refractivity contribution < 1.29 is 19.1 Å². The molecule has 1 aromatic carbocycles. The molecule has 0 saturated carbocycles. The highest BCUT2D eigenvalue weighted by Crippen LogP contribution is 2.46. The molecule has 4 rings (SSSR count). The first kappa shape index (κ1) is 26.4. The summed E-state index contributed by atoms with van der Waals surface area (Å²) in [6.45, 7) is 11.1. The second kappa shape index (κ2) is 12.1. The van der Waals surface area contributed by atoms with Crippen molar-refractivity contribution in [3.05, 3.63) is 57.3 Å². The minimum absolute atomic E-state index is 0.0327. The fourth-order valence-corrected chi connectivity index (χ4v) is 5.78. The lowest BCUT2D eigenvalue weighted by atomic mass is 9.89. The van der Waals surface area contributed by atoms with Gasteiger partial charge in [-0.3, -0.25) is 9.69 Å². The predicted molar refractivity (Wildman–Crippen MR) is 142 cm³/mol. The zero-order valence-electron chi connectivity index (χ0n) is 21.6. The topological polar surface area (TPSA) is 83.5 Å². The number of ether oxygens (including phenoxy) is 2. The van der Waals surface area contributed by atoms with Crippen LogP contribution in [0.5, 0.6) is 0 Å². The number of benzene rings is 1. The lowest BCUT2D eigenvalue weighted by molar-refractivity contribution is -0.136. The van der Waals surface area contributed by atoms with Crippen LogP contribution in [0.15, 0.2) is 45.6 Å². The summed E-state index contributed by atoms with van der Waals surface area (Å²) in [6, 6.07) is 5.87. The van der Waals surface area contributed by atoms with E-state index in [9.17, 15) is 9.59 Å². The molecule has 9 heteroatoms. The Bertz CT molecular complexity index is 1090. The molecule has 36 heavy (non-hydrogen) atoms. The van der Waals surface area contributed by atoms with E-state index in [0.29, 0.717) is 18.5 Å². The van der Waals surface area contributed by atoms with Crippen LogP contribution >= 0.6 is 11.8 Å². The number of hydrogen-bond acceptors (Lipinski definition) is 8. The number of amidine groups is 1. The maximum absolute atomic E-state index is 13.0. The van der Waals surface area contributed by atoms with Gasteiger partial charge in [0.15, 0.2) is 5.17 Å². The molecule has 1 amide bonds. The van der Waals surface area contributed by atoms with Gasteiger partial charge in [0.05, 0.1) is 44.1 Å². The van der Waals surface area contributed by atoms with Crippen LogP contribution in [0.2, 0.25) is 0 Å². The summed E-state index contributed by atoms with van der Waals surface area (Å²) in [5.74, 6) is -0.418. The van der Waals surface area contributed by atoms with Gasteiger partial charge in [-0.25, -0.2) is 9.79 Å². The number of allylic oxidation sites excluding steroid dienone is 1. The number of thioether (sulfide) groups is 1. The van der Waals surface area contributed by atoms with Gasteiger partial charge in [0.25, 0.3) is 0 Å². The number of aryl methyl sites for hydroxylation is 2. The second-order valence-corrected chi connectivity index (χ2v) is 10.1. The third-order valence-corrected chi connectivity index (χ3v) is 7.67. The smallest absolute Gasteiger partial charge is 0.338 e. The van der Waals surface area contributed by atoms with Gasteiger partial charge in [0.2, 0.25) is 5.91 Å². The van der Waals surface area contributed by atoms with Crippen molar-refractivity contribution in [1.29, 1.82) is 0 Å². The van der Waals surface area contributed by atoms with E-state index in [1.54, 1.807) is 0 Å². The van der Waals surface area contributed by atoms with Gasteiger partial charge in [-0.1, -0.05) is 42.4 Å². The number of fused-ring (bicyclic) bond motifs is 1. The van der Waals surface area contributed by atoms with E-state index in [4.69, 9.17) is 14.5 Å². The maximum Gasteiger partial charge on any atom is 0.338 e. The van der Waals surface area contributed by atoms with Crippen LogP contribution in [0.25, 0.3) is 0 Å². The molecule has 0 aromatic heterocycles. The number of nitrogens with zero attached hydrogens (tertiary/aromatic N) is 3. The molecule has 194 valence electrons. The van der Waals surface area contributed by atoms with Crippen LogP contribution in [0.4, 0.5) is 0 Å². The standard InChI is InChI=1S/C27H36N4O4S/c1-5-22-24(26(33)34-4)25(21-15-18(2)7-8-19(21)3)31-20(17-36-27(31)29-22)16-23(32)28-9-6-10-30-11-13-35-14-12-30/h7-8,15,17,25H,5-6,9-14,16H2,1-4H3,(H,28,32)/t25-/m1/s1. The Labute approximate surface area is 217 Å². The molecule has 1 fully saturated rings. The Balaban J connectivity index is 1.52. The first-order valence-corrected chi connectivity index (χ1v) is 13.5. The molecule has 0 radical (unpaired) electrons. The molecular weight excluding hydrogens is 476 g/mol. The molecule has 3 heterocycles. The summed E-state index contributed by atoms with van der Waals surface area (Å²) >= 11 is 1.50. The number of carbonyl (C=O) groups excluding carboxylic acids is 2. The SMILES string of the molecule is CCC1=C(C(=O)OC)[C@@H](c2cc(C)ccc2C)N2C(CC(=O)NCCCN3CCOCC3)=CSC2=N1. The highest BCUT2D eigenvalue weighted by Gasteiger charge is 2.42. The number of carbonyl (C=O) groups is 2. The molecule has 3 aliphatic rings. The first-order valence-electron chi connectivity index (χ1n) is 12.6. The van der Waals surface area contributed by atoms with E-state index in [0.717, 1.165) is 72.5 Å². The van der Waals surface area contributed by atoms with E-state index in [1.807, 2.05) is 24.2 Å². The average molecular weight is 513 g/mol. The molecule has 8 nitrogen and oxygen atoms in total. The van der Waals surface area contributed by atoms with Crippen molar-refractivity contribution in [2.45, 2.75) is 46.1 Å². The van der Waals surface area contributed by atoms with Gasteiger partial charge < -0.3 is 19.7 Å². The number of methoxy groups -OCH3 is 1. The van der Waals surface area contributed by atoms with Crippen molar-refractivity contribution in [2.75, 3.05) is 46.5 Å². The largest absolute Gasteiger partial charge is 0.466 e. The van der Waals surface area contributed by atoms with Gasteiger partial charge >= 0.3 is 5.97 Å². The van der Waals surface area contributed by atoms with Crippen molar-refractivity contribution in [3.63, 3.8) is 0 Å². The summed E-state index contributed by atoms with van der Waals surface area (Å²) in [6.07, 6.45) is 1.74. The molecule has 1 saturated heterocycles. The molecule has 1 N–H and O–H groups in total. The van der Waals surface area contributed by atoms with E-state index in [1.165, 1.54) is 18.9 Å². The van der Waals surface area contributed by atoms with Gasteiger partial charge in [-0.2, -0.15) is 0 Å². The Kier molecular flexibility index (Phi) is 8.87. The van der Waals surface area contributed by atoms with E-state index >= 15 is 0 Å². The highest BCUT2D eigenvalue weighted by molar-refractivity contribution is 8.16. The molecule has 1 aromatic rings. The molecule has 0 aliphatic carbocycles. The Morgan fingerprint density at radius 2 is 2.03 bits per heavy atom. The molecular formula is C27H36N4O4S. The van der Waals surface area contributed by atoms with Crippen LogP contribution in [0.1, 0.15) is 48.9 Å². The molecule has 0 bridgehead atoms. The number of nitrogens with one attached hydrogen (secondary N) is 1. The van der Waals surface area contributed by atoms with Crippen molar-refractivity contribution >= 4 is 28.8 Å². The minimum atomic E-state index is -0.393. The van der Waals surface area contributed by atoms with Crippen molar-refractivity contribution in [2.24, 2.45) is 4.99 Å². The molecule has 3 aliphatic heterocycles. The van der Waals surface area contributed by atoms with Crippen LogP contribution in [0, 0.1) is 13.8 Å². The minimum Gasteiger partial charge on any atom is -0.466 e. The summed E-state index contributed by atoms with van der Waals surface area (Å²) in [5.41, 5.74) is 5.32. The number of rotatable bonds is 9. The average Bonchev–Trinajstić information content (AvgIpc) is 3.29. The summed E-state index contributed by atoms with van der Waals surface area (Å²) < 4.78 is 10.6. The third-order valence-electron chi connectivity index (χ3n) is 6.78. The van der Waals surface area contributed by atoms with Crippen LogP contribution in [-0.2, 0) is 19.1 Å². The van der Waals surface area contributed by atoms with Crippen LogP contribution in [0.3, 0.4) is 0 Å². The Morgan fingerprint density at radius 3 is 2.75 bits per heavy atom. The van der Waals surface area contributed by atoms with E-state index < -0.39 is 6.04 Å². The fraction of sp³-hybridized carbons (Fsp3) is 0.519. The third kappa shape index (κ3) is 5.85. The molecule has 0 spiro atoms. The second-order valence-electron chi connectivity index (χ2n) is 9.29. The zero-order valence-corrected chi connectivity index (χ0v) is 22.5. The quantitative estimate of drug-likeness (QED) is 0.399. The predicted octanol–water partition coefficient (Wildman–Crippen LogP) is 3.67. The number of amides is 1. The maximum atomic E-state index is 13.0. The fourth-order valence-electron chi connectivity index (χ4n) is 4.84. The van der Waals surface area contributed by atoms with E-state index in [-0.39, 0.29) is 18.3 Å². The number of aliphatic imine (C=N–C) groups is 1. The Hall–Kier alpha value is -2.62. The number of morpholine rings is 1. The van der Waals surface area contributed by atoms with Gasteiger partial charge in [-0.15, -0.1) is 0 Å². The summed E-state index contributed by atoms with van der Waals surface area (Å²) in [4.78, 5) is 35.2. The van der Waals surface area contributed by atoms with Gasteiger partial charge in [0, 0.05) is 25.3 Å². The Morgan fingerprint density at radius 1 is 1.25 bits per heavy atom. The van der Waals surface area contributed by atoms with Gasteiger partial charge in [-0.05, 0) is 49.8 Å². The first-order chi connectivity index (χ1) is 17.4. The number of hydrogen-bond donors (Lipinski definition) is 1. The molecule has 0 unspecified atom stereocenters. The highest BCUT2D eigenvalue weighted by atomic mass is 32.2. The van der Waals surface area contributed by atoms with Crippen molar-refractivity contribution in [1.82, 2.24) is 15.1 Å². The zero-order chi connectivity index (χ0) is 25.7. The van der Waals surface area contributed by atoms with Crippen LogP contribution in [-0.4, -0.2) is 73.3 Å². The van der Waals surface area contributed by atoms with Crippen LogP contribution < -0.4 is 5.32 Å². The lowest BCUT2D eigenvalue weighted by Gasteiger charge is -2.37. The van der Waals surface area contributed by atoms with E-state index in [2.05, 4.69) is 35.3 Å². The number of esters is 1. The summed E-state index contributed by atoms with van der Waals surface area (Å²) in [5, 5.41) is 5.84. The molecule has 1 atom stereocenters. The summed E-state index contributed by atoms with van der Waals surface area (Å²) in [7, 11) is 1.40. The van der Waals surface area contributed by atoms with Crippen molar-refractivity contribution in [3.8, 4) is 0 Å². The van der Waals surface area contributed by atoms with Gasteiger partial charge in [0.1, 0.15) is 0 Å². The lowest BCUT2D eigenvalue weighted by Crippen LogP contribution is -2.39. The normalized spacial score (nSPS) is 20.1. The monoisotopic (exact) mass is 512 g/mol.